The Balaban J connectivity index is 1.50. The van der Waals surface area contributed by atoms with Crippen LogP contribution in [0.2, 0.25) is 0 Å². The summed E-state index contributed by atoms with van der Waals surface area (Å²) in [5, 5.41) is 30.6. The average Bonchev–Trinajstić information content (AvgIpc) is 2.96. The number of aliphatic hydroxyl groups excluding tert-OH is 1. The van der Waals surface area contributed by atoms with Crippen molar-refractivity contribution in [1.29, 1.82) is 0 Å². The minimum atomic E-state index is -0.565. The van der Waals surface area contributed by atoms with Gasteiger partial charge in [0.15, 0.2) is 0 Å². The predicted molar refractivity (Wildman–Crippen MR) is 121 cm³/mol. The van der Waals surface area contributed by atoms with Crippen LogP contribution in [-0.4, -0.2) is 53.1 Å². The second-order valence-corrected chi connectivity index (χ2v) is 11.4. The largest absolute Gasteiger partial charge is 0.393 e. The van der Waals surface area contributed by atoms with Crippen molar-refractivity contribution in [1.82, 2.24) is 4.90 Å². The molecule has 0 aromatic heterocycles. The fourth-order valence-corrected chi connectivity index (χ4v) is 8.06. The van der Waals surface area contributed by atoms with Crippen LogP contribution >= 0.6 is 0 Å². The molecule has 0 aliphatic heterocycles. The van der Waals surface area contributed by atoms with E-state index in [0.29, 0.717) is 29.6 Å². The van der Waals surface area contributed by atoms with Crippen molar-refractivity contribution >= 4 is 12.2 Å². The number of fused-ring (bicyclic) bond motifs is 5. The van der Waals surface area contributed by atoms with Crippen molar-refractivity contribution in [3.05, 3.63) is 0 Å². The molecule has 0 bridgehead atoms. The maximum absolute atomic E-state index is 12.2. The number of rotatable bonds is 3. The molecule has 4 N–H and O–H groups in total. The highest BCUT2D eigenvalue weighted by Crippen LogP contribution is 2.69. The van der Waals surface area contributed by atoms with Gasteiger partial charge in [-0.15, -0.1) is 5.10 Å². The lowest BCUT2D eigenvalue weighted by Gasteiger charge is -2.63. The van der Waals surface area contributed by atoms with E-state index in [4.69, 9.17) is 5.73 Å². The summed E-state index contributed by atoms with van der Waals surface area (Å²) in [5.41, 5.74) is 5.49. The van der Waals surface area contributed by atoms with Crippen LogP contribution in [0.25, 0.3) is 0 Å². The number of guanidine groups is 1. The lowest BCUT2D eigenvalue weighted by Crippen LogP contribution is -2.62. The fourth-order valence-electron chi connectivity index (χ4n) is 8.06. The molecule has 4 aliphatic rings. The number of nitrogens with two attached hydrogens (primary N) is 1. The zero-order chi connectivity index (χ0) is 21.7. The van der Waals surface area contributed by atoms with Gasteiger partial charge >= 0.3 is 0 Å². The van der Waals surface area contributed by atoms with Gasteiger partial charge < -0.3 is 20.8 Å². The van der Waals surface area contributed by atoms with E-state index in [1.165, 1.54) is 6.42 Å². The molecule has 0 aromatic rings. The Morgan fingerprint density at radius 3 is 2.57 bits per heavy atom. The first kappa shape index (κ1) is 22.1. The zero-order valence-electron chi connectivity index (χ0n) is 19.3. The van der Waals surface area contributed by atoms with Crippen LogP contribution in [0.15, 0.2) is 10.2 Å². The van der Waals surface area contributed by atoms with E-state index in [1.807, 2.05) is 20.3 Å². The summed E-state index contributed by atoms with van der Waals surface area (Å²) in [5.74, 6) is 2.47. The number of nitrogens with zero attached hydrogens (tertiary/aromatic N) is 3. The quantitative estimate of drug-likeness (QED) is 0.372. The van der Waals surface area contributed by atoms with E-state index in [1.54, 1.807) is 4.90 Å². The van der Waals surface area contributed by atoms with Crippen molar-refractivity contribution in [2.75, 3.05) is 14.1 Å². The minimum Gasteiger partial charge on any atom is -0.393 e. The van der Waals surface area contributed by atoms with Gasteiger partial charge in [-0.2, -0.15) is 5.10 Å². The number of hydrogen-bond donors (Lipinski definition) is 3. The molecule has 6 nitrogen and oxygen atoms in total. The Morgan fingerprint density at radius 2 is 1.83 bits per heavy atom. The van der Waals surface area contributed by atoms with Gasteiger partial charge in [0, 0.05) is 20.3 Å². The maximum Gasteiger partial charge on any atom is 0.215 e. The van der Waals surface area contributed by atoms with Crippen molar-refractivity contribution < 1.29 is 10.2 Å². The monoisotopic (exact) mass is 418 g/mol. The van der Waals surface area contributed by atoms with E-state index in [0.717, 1.165) is 57.8 Å². The zero-order valence-corrected chi connectivity index (χ0v) is 19.3. The highest BCUT2D eigenvalue weighted by atomic mass is 16.3. The molecular formula is C24H42N4O2. The second kappa shape index (κ2) is 7.77. The lowest BCUT2D eigenvalue weighted by molar-refractivity contribution is -0.209. The van der Waals surface area contributed by atoms with Gasteiger partial charge in [0.05, 0.1) is 11.7 Å². The van der Waals surface area contributed by atoms with Crippen molar-refractivity contribution in [3.63, 3.8) is 0 Å². The molecule has 0 radical (unpaired) electrons. The first-order valence-corrected chi connectivity index (χ1v) is 12.0. The molecule has 0 amide bonds. The molecule has 30 heavy (non-hydrogen) atoms. The minimum absolute atomic E-state index is 0.0473. The van der Waals surface area contributed by atoms with Crippen molar-refractivity contribution in [3.8, 4) is 0 Å². The Morgan fingerprint density at radius 1 is 1.07 bits per heavy atom. The van der Waals surface area contributed by atoms with Gasteiger partial charge in [-0.1, -0.05) is 13.8 Å². The van der Waals surface area contributed by atoms with Gasteiger partial charge in [-0.3, -0.25) is 0 Å². The molecular weight excluding hydrogens is 376 g/mol. The summed E-state index contributed by atoms with van der Waals surface area (Å²) in [7, 11) is 3.71. The number of hydrogen-bond acceptors (Lipinski definition) is 4. The summed E-state index contributed by atoms with van der Waals surface area (Å²) in [6, 6.07) is 0. The van der Waals surface area contributed by atoms with Gasteiger partial charge in [-0.25, -0.2) is 0 Å². The Hall–Kier alpha value is -1.14. The lowest BCUT2D eigenvalue weighted by atomic mass is 9.43. The van der Waals surface area contributed by atoms with Gasteiger partial charge in [0.25, 0.3) is 0 Å². The summed E-state index contributed by atoms with van der Waals surface area (Å²) in [6.45, 7) is 4.81. The molecule has 0 heterocycles. The molecule has 4 fully saturated rings. The van der Waals surface area contributed by atoms with Crippen LogP contribution in [0, 0.1) is 34.5 Å². The van der Waals surface area contributed by atoms with Gasteiger partial charge in [0.1, 0.15) is 0 Å². The molecule has 6 heteroatoms. The van der Waals surface area contributed by atoms with E-state index >= 15 is 0 Å². The number of aliphatic hydroxyl groups is 2. The highest BCUT2D eigenvalue weighted by molar-refractivity contribution is 5.77. The van der Waals surface area contributed by atoms with E-state index in [9.17, 15) is 10.2 Å². The normalized spacial score (nSPS) is 48.9. The molecule has 170 valence electrons. The summed E-state index contributed by atoms with van der Waals surface area (Å²) >= 11 is 0. The Kier molecular flexibility index (Phi) is 5.72. The average molecular weight is 419 g/mol. The standard InChI is InChI=1S/C24H42N4O2/c1-22-11-8-18(29)15-17(22)5-6-20-19(22)9-12-23(2)16(7-13-24(20,23)30)10-14-26-27-21(25)28(3)4/h14,16-20,29-30H,5-13,15H2,1-4H3,(H2,25,27)/b26-14+/t16-,17-,18+,19+,20-,22+,23-,24+/m1/s1. The van der Waals surface area contributed by atoms with Crippen molar-refractivity contribution in [2.24, 2.45) is 50.4 Å². The Labute approximate surface area is 182 Å². The third-order valence-corrected chi connectivity index (χ3v) is 10.1. The highest BCUT2D eigenvalue weighted by Gasteiger charge is 2.66. The molecule has 0 unspecified atom stereocenters. The molecule has 0 spiro atoms. The smallest absolute Gasteiger partial charge is 0.215 e. The van der Waals surface area contributed by atoms with E-state index in [-0.39, 0.29) is 16.9 Å². The first-order chi connectivity index (χ1) is 14.1. The first-order valence-electron chi connectivity index (χ1n) is 12.0. The van der Waals surface area contributed by atoms with Gasteiger partial charge in [-0.05, 0) is 98.7 Å². The molecule has 0 saturated heterocycles. The Bertz CT molecular complexity index is 709. The van der Waals surface area contributed by atoms with Crippen LogP contribution < -0.4 is 5.73 Å². The molecule has 0 aromatic carbocycles. The second-order valence-electron chi connectivity index (χ2n) is 11.4. The summed E-state index contributed by atoms with van der Waals surface area (Å²) in [4.78, 5) is 1.75. The molecule has 8 atom stereocenters. The SMILES string of the molecule is CN(C)C(N)=N/N=C/C[C@H]1CC[C@]2(O)[C@@H]3CC[C@@H]4C[C@@H](O)CC[C@]4(C)[C@H]3CC[C@]12C. The van der Waals surface area contributed by atoms with Crippen LogP contribution in [0.5, 0.6) is 0 Å². The third kappa shape index (κ3) is 3.29. The predicted octanol–water partition coefficient (Wildman–Crippen LogP) is 3.37. The summed E-state index contributed by atoms with van der Waals surface area (Å²) < 4.78 is 0. The van der Waals surface area contributed by atoms with E-state index < -0.39 is 5.60 Å². The van der Waals surface area contributed by atoms with Crippen molar-refractivity contribution in [2.45, 2.75) is 89.8 Å². The van der Waals surface area contributed by atoms with Gasteiger partial charge in [0.2, 0.25) is 5.96 Å². The van der Waals surface area contributed by atoms with E-state index in [2.05, 4.69) is 24.1 Å². The van der Waals surface area contributed by atoms with Crippen LogP contribution in [0.4, 0.5) is 0 Å². The third-order valence-electron chi connectivity index (χ3n) is 10.1. The van der Waals surface area contributed by atoms with Crippen LogP contribution in [0.3, 0.4) is 0 Å². The fraction of sp³-hybridized carbons (Fsp3) is 0.917. The van der Waals surface area contributed by atoms with Crippen LogP contribution in [0.1, 0.15) is 78.1 Å². The maximum atomic E-state index is 12.2. The molecule has 4 rings (SSSR count). The topological polar surface area (TPSA) is 94.4 Å². The van der Waals surface area contributed by atoms with Crippen LogP contribution in [-0.2, 0) is 0 Å². The molecule has 4 saturated carbocycles. The molecule has 4 aliphatic carbocycles. The summed E-state index contributed by atoms with van der Waals surface area (Å²) in [6.07, 6.45) is 12.2.